The van der Waals surface area contributed by atoms with Gasteiger partial charge in [-0.15, -0.1) is 0 Å². The first-order valence-corrected chi connectivity index (χ1v) is 19.7. The van der Waals surface area contributed by atoms with E-state index in [0.717, 1.165) is 12.8 Å². The van der Waals surface area contributed by atoms with Crippen LogP contribution in [0.3, 0.4) is 0 Å². The van der Waals surface area contributed by atoms with Crippen LogP contribution in [0.2, 0.25) is 0 Å². The van der Waals surface area contributed by atoms with E-state index >= 15 is 0 Å². The maximum atomic E-state index is 4.93. The molecule has 4 aliphatic carbocycles. The molecule has 0 amide bonds. The average Bonchev–Trinajstić information content (AvgIpc) is 3.59. The van der Waals surface area contributed by atoms with Crippen LogP contribution >= 0.6 is 17.0 Å². The number of halogens is 2. The molecular formula is C34H36Cl2Zr+2. The fourth-order valence-electron chi connectivity index (χ4n) is 7.73. The Balaban J connectivity index is 0.000000892. The van der Waals surface area contributed by atoms with E-state index in [4.69, 9.17) is 17.0 Å². The van der Waals surface area contributed by atoms with E-state index < -0.39 is 20.8 Å². The molecule has 4 saturated carbocycles. The quantitative estimate of drug-likeness (QED) is 0.327. The predicted molar refractivity (Wildman–Crippen MR) is 153 cm³/mol. The monoisotopic (exact) mass is 604 g/mol. The number of benzene rings is 2. The van der Waals surface area contributed by atoms with E-state index in [1.54, 1.807) is 11.8 Å². The van der Waals surface area contributed by atoms with Crippen molar-refractivity contribution >= 4 is 17.0 Å². The molecule has 188 valence electrons. The van der Waals surface area contributed by atoms with Crippen molar-refractivity contribution in [3.05, 3.63) is 134 Å². The van der Waals surface area contributed by atoms with Crippen molar-refractivity contribution in [3.63, 3.8) is 0 Å². The average molecular weight is 607 g/mol. The van der Waals surface area contributed by atoms with Gasteiger partial charge in [0.05, 0.1) is 0 Å². The van der Waals surface area contributed by atoms with Crippen LogP contribution < -0.4 is 0 Å². The standard InChI is InChI=1S/C34H36.2ClH.Zr/c1-31(2)21-23-33(25-13-7-5-8-14-25,29-19-11-17-27(29)31)34(26-15-9-6-10-16-26)24-22-32(3,4)28-18-12-20-30(28)34;;;/h5-20H,21-24H2,1-4H3;2*1H;/q;;;+4/p-2/t33-,34-;;;/m0.../s1. The maximum absolute atomic E-state index is 4.93. The minimum atomic E-state index is -0.826. The minimum absolute atomic E-state index is 0.108. The number of rotatable bonds is 3. The summed E-state index contributed by atoms with van der Waals surface area (Å²) in [4.78, 5) is 0. The van der Waals surface area contributed by atoms with Gasteiger partial charge in [0, 0.05) is 10.8 Å². The van der Waals surface area contributed by atoms with Gasteiger partial charge in [0.1, 0.15) is 0 Å². The first kappa shape index (κ1) is 28.4. The second kappa shape index (κ2) is 11.1. The van der Waals surface area contributed by atoms with Crippen LogP contribution in [-0.4, -0.2) is 0 Å². The second-order valence-corrected chi connectivity index (χ2v) is 15.8. The summed E-state index contributed by atoms with van der Waals surface area (Å²) in [6.07, 6.45) is 19.0. The Kier molecular flexibility index (Phi) is 8.49. The van der Waals surface area contributed by atoms with Gasteiger partial charge in [0.25, 0.3) is 0 Å². The molecule has 0 nitrogen and oxygen atoms in total. The fraction of sp³-hybridized carbons (Fsp3) is 0.353. The third-order valence-corrected chi connectivity index (χ3v) is 9.52. The van der Waals surface area contributed by atoms with Crippen molar-refractivity contribution in [2.75, 3.05) is 0 Å². The van der Waals surface area contributed by atoms with Crippen molar-refractivity contribution in [2.45, 2.75) is 64.2 Å². The van der Waals surface area contributed by atoms with Crippen LogP contribution in [0.1, 0.15) is 64.5 Å². The Morgan fingerprint density at radius 2 is 0.838 bits per heavy atom. The Labute approximate surface area is 245 Å². The van der Waals surface area contributed by atoms with Gasteiger partial charge in [-0.25, -0.2) is 0 Å². The third kappa shape index (κ3) is 4.58. The molecule has 2 atom stereocenters. The van der Waals surface area contributed by atoms with Gasteiger partial charge >= 0.3 is 37.9 Å². The molecule has 2 aromatic carbocycles. The summed E-state index contributed by atoms with van der Waals surface area (Å²) < 4.78 is 0. The topological polar surface area (TPSA) is 0 Å². The Morgan fingerprint density at radius 1 is 0.514 bits per heavy atom. The SMILES string of the molecule is CC1(C)CC[C@@](c2ccccc2)([C@]2(c3ccccc3)CCC(C)(C)[C]3[CH][CH][CH][C]32)[C]2[CH][CH][CH][C]21.[Cl][Zr+2][Cl]. The van der Waals surface area contributed by atoms with Gasteiger partial charge in [-0.2, -0.15) is 0 Å². The van der Waals surface area contributed by atoms with E-state index in [-0.39, 0.29) is 21.7 Å². The zero-order valence-corrected chi connectivity index (χ0v) is 26.3. The molecule has 0 N–H and O–H groups in total. The summed E-state index contributed by atoms with van der Waals surface area (Å²) in [5.41, 5.74) is 3.10. The van der Waals surface area contributed by atoms with Crippen molar-refractivity contribution in [3.8, 4) is 0 Å². The molecule has 0 aromatic heterocycles. The zero-order valence-electron chi connectivity index (χ0n) is 22.3. The van der Waals surface area contributed by atoms with Gasteiger partial charge in [0.15, 0.2) is 0 Å². The van der Waals surface area contributed by atoms with Crippen molar-refractivity contribution in [2.24, 2.45) is 10.8 Å². The van der Waals surface area contributed by atoms with E-state index in [1.807, 2.05) is 0 Å². The van der Waals surface area contributed by atoms with Crippen LogP contribution in [0.4, 0.5) is 0 Å². The molecule has 37 heavy (non-hydrogen) atoms. The third-order valence-electron chi connectivity index (χ3n) is 9.52. The molecule has 3 heteroatoms. The van der Waals surface area contributed by atoms with Crippen LogP contribution in [0.5, 0.6) is 0 Å². The van der Waals surface area contributed by atoms with Crippen molar-refractivity contribution in [1.82, 2.24) is 0 Å². The summed E-state index contributed by atoms with van der Waals surface area (Å²) in [6, 6.07) is 22.9. The molecule has 0 bridgehead atoms. The first-order valence-electron chi connectivity index (χ1n) is 13.4. The molecule has 2 aromatic rings. The van der Waals surface area contributed by atoms with E-state index in [9.17, 15) is 0 Å². The molecule has 4 fully saturated rings. The molecule has 4 aliphatic rings. The van der Waals surface area contributed by atoms with Crippen LogP contribution in [0.25, 0.3) is 0 Å². The first-order chi connectivity index (χ1) is 17.7. The summed E-state index contributed by atoms with van der Waals surface area (Å²) in [7, 11) is 9.87. The second-order valence-electron chi connectivity index (χ2n) is 12.1. The number of fused-ring (bicyclic) bond motifs is 2. The summed E-state index contributed by atoms with van der Waals surface area (Å²) >= 11 is -0.826. The van der Waals surface area contributed by atoms with Crippen molar-refractivity contribution < 1.29 is 20.8 Å². The molecular weight excluding hydrogens is 571 g/mol. The summed E-state index contributed by atoms with van der Waals surface area (Å²) in [5.74, 6) is 6.17. The van der Waals surface area contributed by atoms with Crippen LogP contribution in [-0.2, 0) is 31.7 Å². The van der Waals surface area contributed by atoms with E-state index in [0.29, 0.717) is 0 Å². The molecule has 0 unspecified atom stereocenters. The van der Waals surface area contributed by atoms with Gasteiger partial charge in [-0.3, -0.25) is 0 Å². The molecule has 0 heterocycles. The summed E-state index contributed by atoms with van der Waals surface area (Å²) in [5, 5.41) is 0. The zero-order chi connectivity index (χ0) is 26.3. The fourth-order valence-corrected chi connectivity index (χ4v) is 7.73. The normalized spacial score (nSPS) is 31.6. The molecule has 0 saturated heterocycles. The van der Waals surface area contributed by atoms with E-state index in [2.05, 4.69) is 127 Å². The molecule has 0 aliphatic heterocycles. The molecule has 10 radical (unpaired) electrons. The van der Waals surface area contributed by atoms with Crippen molar-refractivity contribution in [1.29, 1.82) is 0 Å². The van der Waals surface area contributed by atoms with Gasteiger partial charge in [0.2, 0.25) is 0 Å². The Hall–Kier alpha value is -0.0969. The van der Waals surface area contributed by atoms with Gasteiger partial charge in [-0.05, 0) is 110 Å². The van der Waals surface area contributed by atoms with Crippen LogP contribution in [0.15, 0.2) is 60.7 Å². The summed E-state index contributed by atoms with van der Waals surface area (Å²) in [6.45, 7) is 9.75. The van der Waals surface area contributed by atoms with Crippen LogP contribution in [0, 0.1) is 73.0 Å². The molecule has 6 rings (SSSR count). The number of hydrogen-bond acceptors (Lipinski definition) is 0. The molecule has 0 spiro atoms. The Bertz CT molecular complexity index is 951. The van der Waals surface area contributed by atoms with Gasteiger partial charge < -0.3 is 0 Å². The van der Waals surface area contributed by atoms with Gasteiger partial charge in [-0.1, -0.05) is 88.4 Å². The number of hydrogen-bond donors (Lipinski definition) is 0. The predicted octanol–water partition coefficient (Wildman–Crippen LogP) is 9.43. The Morgan fingerprint density at radius 3 is 1.19 bits per heavy atom. The van der Waals surface area contributed by atoms with E-state index in [1.165, 1.54) is 35.8 Å².